The first-order valence-corrected chi connectivity index (χ1v) is 5.53. The molecule has 1 amide bonds. The zero-order valence-electron chi connectivity index (χ0n) is 9.91. The first kappa shape index (κ1) is 12.7. The summed E-state index contributed by atoms with van der Waals surface area (Å²) >= 11 is 0. The van der Waals surface area contributed by atoms with Crippen LogP contribution >= 0.6 is 0 Å². The highest BCUT2D eigenvalue weighted by Gasteiger charge is 2.08. The van der Waals surface area contributed by atoms with Gasteiger partial charge in [-0.15, -0.1) is 0 Å². The van der Waals surface area contributed by atoms with Crippen LogP contribution in [0.3, 0.4) is 0 Å². The summed E-state index contributed by atoms with van der Waals surface area (Å²) in [5, 5.41) is 11.4. The normalized spacial score (nSPS) is 9.89. The molecule has 0 saturated heterocycles. The number of nitrogens with zero attached hydrogens (tertiary/aromatic N) is 2. The van der Waals surface area contributed by atoms with E-state index in [0.29, 0.717) is 6.54 Å². The molecule has 0 radical (unpaired) electrons. The minimum absolute atomic E-state index is 0.0469. The van der Waals surface area contributed by atoms with Gasteiger partial charge in [-0.1, -0.05) is 0 Å². The van der Waals surface area contributed by atoms with E-state index in [1.165, 1.54) is 12.1 Å². The molecule has 6 heteroatoms. The number of carbonyl (C=O) groups is 2. The summed E-state index contributed by atoms with van der Waals surface area (Å²) in [6.45, 7) is 0.365. The first-order chi connectivity index (χ1) is 9.16. The average molecular weight is 257 g/mol. The van der Waals surface area contributed by atoms with E-state index in [9.17, 15) is 9.59 Å². The van der Waals surface area contributed by atoms with E-state index in [-0.39, 0.29) is 17.2 Å². The molecule has 0 saturated carbocycles. The van der Waals surface area contributed by atoms with Gasteiger partial charge in [-0.2, -0.15) is 0 Å². The third-order valence-electron chi connectivity index (χ3n) is 2.45. The van der Waals surface area contributed by atoms with Crippen molar-refractivity contribution in [1.29, 1.82) is 0 Å². The van der Waals surface area contributed by atoms with Crippen LogP contribution in [0.4, 0.5) is 0 Å². The van der Waals surface area contributed by atoms with Gasteiger partial charge in [0.1, 0.15) is 5.69 Å². The number of amides is 1. The van der Waals surface area contributed by atoms with Crippen molar-refractivity contribution < 1.29 is 14.7 Å². The van der Waals surface area contributed by atoms with Crippen LogP contribution in [0.5, 0.6) is 0 Å². The molecule has 0 bridgehead atoms. The van der Waals surface area contributed by atoms with Crippen LogP contribution in [0.2, 0.25) is 0 Å². The van der Waals surface area contributed by atoms with Crippen LogP contribution < -0.4 is 5.32 Å². The summed E-state index contributed by atoms with van der Waals surface area (Å²) in [6, 6.07) is 6.31. The maximum Gasteiger partial charge on any atom is 0.337 e. The van der Waals surface area contributed by atoms with Crippen molar-refractivity contribution in [2.75, 3.05) is 0 Å². The molecule has 2 N–H and O–H groups in total. The number of hydrogen-bond acceptors (Lipinski definition) is 4. The summed E-state index contributed by atoms with van der Waals surface area (Å²) < 4.78 is 0. The molecule has 0 spiro atoms. The largest absolute Gasteiger partial charge is 0.478 e. The van der Waals surface area contributed by atoms with Crippen LogP contribution in [-0.2, 0) is 6.54 Å². The third-order valence-corrected chi connectivity index (χ3v) is 2.45. The van der Waals surface area contributed by atoms with Crippen LogP contribution in [0.15, 0.2) is 42.9 Å². The van der Waals surface area contributed by atoms with Gasteiger partial charge in [0, 0.05) is 25.1 Å². The van der Waals surface area contributed by atoms with Crippen molar-refractivity contribution in [2.24, 2.45) is 0 Å². The number of aromatic nitrogens is 2. The SMILES string of the molecule is O=C(O)c1ccc(C(=O)NCc2ccncc2)nc1. The molecule has 0 unspecified atom stereocenters. The lowest BCUT2D eigenvalue weighted by Crippen LogP contribution is -2.23. The Hall–Kier alpha value is -2.76. The van der Waals surface area contributed by atoms with Crippen molar-refractivity contribution in [2.45, 2.75) is 6.54 Å². The molecule has 2 aromatic heterocycles. The summed E-state index contributed by atoms with van der Waals surface area (Å²) in [5.74, 6) is -1.43. The molecule has 0 aliphatic carbocycles. The summed E-state index contributed by atoms with van der Waals surface area (Å²) in [6.07, 6.45) is 4.44. The van der Waals surface area contributed by atoms with Gasteiger partial charge in [0.25, 0.3) is 5.91 Å². The van der Waals surface area contributed by atoms with Gasteiger partial charge in [0.15, 0.2) is 0 Å². The number of rotatable bonds is 4. The number of hydrogen-bond donors (Lipinski definition) is 2. The number of carbonyl (C=O) groups excluding carboxylic acids is 1. The van der Waals surface area contributed by atoms with E-state index in [0.717, 1.165) is 11.8 Å². The fraction of sp³-hybridized carbons (Fsp3) is 0.0769. The molecular weight excluding hydrogens is 246 g/mol. The number of aromatic carboxylic acids is 1. The molecule has 2 rings (SSSR count). The smallest absolute Gasteiger partial charge is 0.337 e. The molecule has 0 aromatic carbocycles. The molecule has 2 aromatic rings. The van der Waals surface area contributed by atoms with Gasteiger partial charge < -0.3 is 10.4 Å². The summed E-state index contributed by atoms with van der Waals surface area (Å²) in [7, 11) is 0. The van der Waals surface area contributed by atoms with Gasteiger partial charge in [-0.25, -0.2) is 4.79 Å². The maximum atomic E-state index is 11.8. The molecule has 19 heavy (non-hydrogen) atoms. The Bertz CT molecular complexity index is 582. The fourth-order valence-corrected chi connectivity index (χ4v) is 1.43. The monoisotopic (exact) mass is 257 g/mol. The predicted octanol–water partition coefficient (Wildman–Crippen LogP) is 1.10. The Labute approximate surface area is 109 Å². The minimum Gasteiger partial charge on any atom is -0.478 e. The predicted molar refractivity (Wildman–Crippen MR) is 66.6 cm³/mol. The summed E-state index contributed by atoms with van der Waals surface area (Å²) in [4.78, 5) is 30.1. The van der Waals surface area contributed by atoms with E-state index in [1.54, 1.807) is 24.5 Å². The van der Waals surface area contributed by atoms with E-state index < -0.39 is 5.97 Å². The van der Waals surface area contributed by atoms with Crippen LogP contribution in [0.25, 0.3) is 0 Å². The number of carboxylic acids is 1. The van der Waals surface area contributed by atoms with Crippen molar-refractivity contribution in [3.05, 3.63) is 59.7 Å². The van der Waals surface area contributed by atoms with Crippen LogP contribution in [0, 0.1) is 0 Å². The zero-order valence-corrected chi connectivity index (χ0v) is 9.91. The Kier molecular flexibility index (Phi) is 3.82. The second kappa shape index (κ2) is 5.72. The van der Waals surface area contributed by atoms with Crippen LogP contribution in [0.1, 0.15) is 26.4 Å². The van der Waals surface area contributed by atoms with Gasteiger partial charge in [-0.05, 0) is 29.8 Å². The Morgan fingerprint density at radius 1 is 1.16 bits per heavy atom. The Morgan fingerprint density at radius 2 is 1.89 bits per heavy atom. The van der Waals surface area contributed by atoms with E-state index in [4.69, 9.17) is 5.11 Å². The fourth-order valence-electron chi connectivity index (χ4n) is 1.43. The minimum atomic E-state index is -1.07. The van der Waals surface area contributed by atoms with Gasteiger partial charge in [-0.3, -0.25) is 14.8 Å². The highest BCUT2D eigenvalue weighted by atomic mass is 16.4. The van der Waals surface area contributed by atoms with E-state index in [1.807, 2.05) is 0 Å². The molecule has 0 fully saturated rings. The van der Waals surface area contributed by atoms with Gasteiger partial charge >= 0.3 is 5.97 Å². The standard InChI is InChI=1S/C13H11N3O3/c17-12(16-7-9-3-5-14-6-4-9)11-2-1-10(8-15-11)13(18)19/h1-6,8H,7H2,(H,16,17)(H,18,19). The summed E-state index contributed by atoms with van der Waals surface area (Å²) in [5.41, 5.74) is 1.15. The van der Waals surface area contributed by atoms with E-state index >= 15 is 0 Å². The second-order valence-electron chi connectivity index (χ2n) is 3.78. The Balaban J connectivity index is 1.98. The molecule has 0 aliphatic heterocycles. The maximum absolute atomic E-state index is 11.8. The van der Waals surface area contributed by atoms with Crippen molar-refractivity contribution in [3.63, 3.8) is 0 Å². The molecule has 0 aliphatic rings. The van der Waals surface area contributed by atoms with E-state index in [2.05, 4.69) is 15.3 Å². The Morgan fingerprint density at radius 3 is 2.47 bits per heavy atom. The average Bonchev–Trinajstić information content (AvgIpc) is 2.46. The van der Waals surface area contributed by atoms with Crippen LogP contribution in [-0.4, -0.2) is 27.0 Å². The third kappa shape index (κ3) is 3.35. The quantitative estimate of drug-likeness (QED) is 0.855. The van der Waals surface area contributed by atoms with Crippen molar-refractivity contribution in [3.8, 4) is 0 Å². The van der Waals surface area contributed by atoms with Gasteiger partial charge in [0.05, 0.1) is 5.56 Å². The zero-order chi connectivity index (χ0) is 13.7. The highest BCUT2D eigenvalue weighted by molar-refractivity contribution is 5.93. The van der Waals surface area contributed by atoms with Gasteiger partial charge in [0.2, 0.25) is 0 Å². The molecule has 0 atom stereocenters. The lowest BCUT2D eigenvalue weighted by atomic mass is 10.2. The molecular formula is C13H11N3O3. The number of pyridine rings is 2. The topological polar surface area (TPSA) is 92.2 Å². The molecule has 2 heterocycles. The number of nitrogens with one attached hydrogen (secondary N) is 1. The van der Waals surface area contributed by atoms with Crippen molar-refractivity contribution in [1.82, 2.24) is 15.3 Å². The molecule has 6 nitrogen and oxygen atoms in total. The highest BCUT2D eigenvalue weighted by Crippen LogP contribution is 2.01. The van der Waals surface area contributed by atoms with Crippen molar-refractivity contribution >= 4 is 11.9 Å². The molecule has 96 valence electrons. The number of carboxylic acid groups (broad SMARTS) is 1. The first-order valence-electron chi connectivity index (χ1n) is 5.53. The lowest BCUT2D eigenvalue weighted by Gasteiger charge is -2.04. The lowest BCUT2D eigenvalue weighted by molar-refractivity contribution is 0.0695. The second-order valence-corrected chi connectivity index (χ2v) is 3.78.